The number of halogens is 2. The highest BCUT2D eigenvalue weighted by Crippen LogP contribution is 2.32. The lowest BCUT2D eigenvalue weighted by atomic mass is 10.2. The highest BCUT2D eigenvalue weighted by atomic mass is 19.3. The molecule has 0 unspecified atom stereocenters. The Balaban J connectivity index is 1.67. The SMILES string of the molecule is CCNC(=O)N1CC(F)(F)C[C@H]1Cn1cc(C(=O)N2CCOCC2)nn1. The minimum absolute atomic E-state index is 0.0517. The van der Waals surface area contributed by atoms with Crippen LogP contribution in [-0.2, 0) is 11.3 Å². The van der Waals surface area contributed by atoms with Gasteiger partial charge in [0.05, 0.1) is 38.5 Å². The molecule has 11 heteroatoms. The van der Waals surface area contributed by atoms with Gasteiger partial charge < -0.3 is 19.9 Å². The second-order valence-corrected chi connectivity index (χ2v) is 6.41. The van der Waals surface area contributed by atoms with Crippen LogP contribution in [0.1, 0.15) is 23.8 Å². The van der Waals surface area contributed by atoms with E-state index in [0.717, 1.165) is 4.90 Å². The molecular weight excluding hydrogens is 350 g/mol. The topological polar surface area (TPSA) is 92.6 Å². The van der Waals surface area contributed by atoms with Crippen molar-refractivity contribution < 1.29 is 23.1 Å². The largest absolute Gasteiger partial charge is 0.378 e. The van der Waals surface area contributed by atoms with Gasteiger partial charge in [-0.25, -0.2) is 18.3 Å². The van der Waals surface area contributed by atoms with Crippen molar-refractivity contribution in [3.8, 4) is 0 Å². The molecule has 0 spiro atoms. The molecule has 0 saturated carbocycles. The number of alkyl halides is 2. The van der Waals surface area contributed by atoms with Crippen molar-refractivity contribution in [3.05, 3.63) is 11.9 Å². The number of ether oxygens (including phenoxy) is 1. The number of hydrogen-bond acceptors (Lipinski definition) is 5. The van der Waals surface area contributed by atoms with E-state index in [2.05, 4.69) is 15.6 Å². The molecule has 3 rings (SSSR count). The fourth-order valence-electron chi connectivity index (χ4n) is 3.18. The first kappa shape index (κ1) is 18.5. The van der Waals surface area contributed by atoms with Gasteiger partial charge in [-0.1, -0.05) is 5.21 Å². The molecule has 9 nitrogen and oxygen atoms in total. The maximum absolute atomic E-state index is 13.8. The Labute approximate surface area is 149 Å². The molecule has 26 heavy (non-hydrogen) atoms. The third kappa shape index (κ3) is 4.09. The van der Waals surface area contributed by atoms with Crippen LogP contribution in [0.4, 0.5) is 13.6 Å². The van der Waals surface area contributed by atoms with Gasteiger partial charge in [-0.15, -0.1) is 5.10 Å². The normalized spacial score (nSPS) is 22.5. The molecule has 144 valence electrons. The molecule has 0 aromatic carbocycles. The van der Waals surface area contributed by atoms with Crippen LogP contribution in [0.5, 0.6) is 0 Å². The molecule has 3 heterocycles. The summed E-state index contributed by atoms with van der Waals surface area (Å²) in [7, 11) is 0. The van der Waals surface area contributed by atoms with E-state index in [0.29, 0.717) is 32.8 Å². The van der Waals surface area contributed by atoms with Gasteiger partial charge in [0.25, 0.3) is 11.8 Å². The summed E-state index contributed by atoms with van der Waals surface area (Å²) in [6.07, 6.45) is 0.987. The van der Waals surface area contributed by atoms with E-state index >= 15 is 0 Å². The standard InChI is InChI=1S/C15H22F2N6O3/c1-2-18-14(25)23-10-15(16,17)7-11(23)8-22-9-12(19-20-22)13(24)21-3-5-26-6-4-21/h9,11H,2-8,10H2,1H3,(H,18,25)/t11-/m0/s1. The van der Waals surface area contributed by atoms with E-state index in [9.17, 15) is 18.4 Å². The van der Waals surface area contributed by atoms with Crippen molar-refractivity contribution >= 4 is 11.9 Å². The van der Waals surface area contributed by atoms with Crippen LogP contribution in [-0.4, -0.2) is 88.1 Å². The number of carbonyl (C=O) groups excluding carboxylic acids is 2. The number of hydrogen-bond donors (Lipinski definition) is 1. The van der Waals surface area contributed by atoms with Crippen LogP contribution in [0.15, 0.2) is 6.20 Å². The van der Waals surface area contributed by atoms with Gasteiger partial charge >= 0.3 is 6.03 Å². The lowest BCUT2D eigenvalue weighted by Gasteiger charge is -2.25. The molecule has 0 aliphatic carbocycles. The molecule has 2 fully saturated rings. The lowest BCUT2D eigenvalue weighted by Crippen LogP contribution is -2.44. The Bertz CT molecular complexity index is 662. The van der Waals surface area contributed by atoms with Crippen molar-refractivity contribution in [2.45, 2.75) is 31.9 Å². The van der Waals surface area contributed by atoms with E-state index in [1.54, 1.807) is 11.8 Å². The first-order valence-corrected chi connectivity index (χ1v) is 8.59. The predicted molar refractivity (Wildman–Crippen MR) is 85.9 cm³/mol. The third-order valence-corrected chi connectivity index (χ3v) is 4.42. The Morgan fingerprint density at radius 3 is 2.81 bits per heavy atom. The number of rotatable bonds is 4. The van der Waals surface area contributed by atoms with Gasteiger partial charge in [-0.3, -0.25) is 4.79 Å². The molecular formula is C15H22F2N6O3. The monoisotopic (exact) mass is 372 g/mol. The molecule has 2 saturated heterocycles. The van der Waals surface area contributed by atoms with Crippen molar-refractivity contribution in [1.82, 2.24) is 30.1 Å². The summed E-state index contributed by atoms with van der Waals surface area (Å²) in [5.74, 6) is -3.21. The van der Waals surface area contributed by atoms with Crippen molar-refractivity contribution in [2.75, 3.05) is 39.4 Å². The number of nitrogens with one attached hydrogen (secondary N) is 1. The second kappa shape index (κ2) is 7.52. The molecule has 2 aliphatic rings. The van der Waals surface area contributed by atoms with E-state index < -0.39 is 31.0 Å². The zero-order chi connectivity index (χ0) is 18.7. The van der Waals surface area contributed by atoms with E-state index in [4.69, 9.17) is 4.74 Å². The quantitative estimate of drug-likeness (QED) is 0.815. The molecule has 0 radical (unpaired) electrons. The van der Waals surface area contributed by atoms with Gasteiger partial charge in [0.15, 0.2) is 5.69 Å². The molecule has 3 amide bonds. The Morgan fingerprint density at radius 2 is 2.12 bits per heavy atom. The average Bonchev–Trinajstić information content (AvgIpc) is 3.19. The number of morpholine rings is 1. The van der Waals surface area contributed by atoms with E-state index in [1.165, 1.54) is 10.9 Å². The van der Waals surface area contributed by atoms with Crippen LogP contribution in [0.25, 0.3) is 0 Å². The van der Waals surface area contributed by atoms with Crippen LogP contribution in [0.3, 0.4) is 0 Å². The zero-order valence-electron chi connectivity index (χ0n) is 14.5. The van der Waals surface area contributed by atoms with Gasteiger partial charge in [0, 0.05) is 26.1 Å². The fourth-order valence-corrected chi connectivity index (χ4v) is 3.18. The van der Waals surface area contributed by atoms with Crippen LogP contribution in [0.2, 0.25) is 0 Å². The average molecular weight is 372 g/mol. The summed E-state index contributed by atoms with van der Waals surface area (Å²) in [5.41, 5.74) is 0.154. The zero-order valence-corrected chi connectivity index (χ0v) is 14.5. The summed E-state index contributed by atoms with van der Waals surface area (Å²) in [4.78, 5) is 27.1. The number of aromatic nitrogens is 3. The second-order valence-electron chi connectivity index (χ2n) is 6.41. The Morgan fingerprint density at radius 1 is 1.38 bits per heavy atom. The van der Waals surface area contributed by atoms with Gasteiger partial charge in [0.2, 0.25) is 0 Å². The summed E-state index contributed by atoms with van der Waals surface area (Å²) in [5, 5.41) is 10.3. The van der Waals surface area contributed by atoms with Crippen LogP contribution < -0.4 is 5.32 Å². The number of urea groups is 1. The maximum Gasteiger partial charge on any atom is 0.317 e. The number of likely N-dealkylation sites (tertiary alicyclic amines) is 1. The van der Waals surface area contributed by atoms with E-state index in [1.807, 2.05) is 0 Å². The lowest BCUT2D eigenvalue weighted by molar-refractivity contribution is 0.0145. The van der Waals surface area contributed by atoms with Crippen molar-refractivity contribution in [3.63, 3.8) is 0 Å². The molecule has 2 aliphatic heterocycles. The third-order valence-electron chi connectivity index (χ3n) is 4.42. The van der Waals surface area contributed by atoms with Crippen LogP contribution >= 0.6 is 0 Å². The molecule has 1 N–H and O–H groups in total. The van der Waals surface area contributed by atoms with Gasteiger partial charge in [-0.2, -0.15) is 0 Å². The number of nitrogens with zero attached hydrogens (tertiary/aromatic N) is 5. The minimum atomic E-state index is -2.94. The van der Waals surface area contributed by atoms with Gasteiger partial charge in [0.1, 0.15) is 0 Å². The molecule has 1 aromatic rings. The fraction of sp³-hybridized carbons (Fsp3) is 0.733. The Kier molecular flexibility index (Phi) is 5.35. The smallest absolute Gasteiger partial charge is 0.317 e. The predicted octanol–water partition coefficient (Wildman–Crippen LogP) is 0.190. The van der Waals surface area contributed by atoms with Crippen molar-refractivity contribution in [1.29, 1.82) is 0 Å². The summed E-state index contributed by atoms with van der Waals surface area (Å²) in [6.45, 7) is 3.40. The highest BCUT2D eigenvalue weighted by Gasteiger charge is 2.47. The minimum Gasteiger partial charge on any atom is -0.378 e. The maximum atomic E-state index is 13.8. The van der Waals surface area contributed by atoms with Crippen molar-refractivity contribution in [2.24, 2.45) is 0 Å². The molecule has 1 aromatic heterocycles. The molecule has 0 bridgehead atoms. The van der Waals surface area contributed by atoms with Crippen LogP contribution in [0, 0.1) is 0 Å². The summed E-state index contributed by atoms with van der Waals surface area (Å²) < 4.78 is 34.1. The highest BCUT2D eigenvalue weighted by molar-refractivity contribution is 5.92. The first-order chi connectivity index (χ1) is 12.4. The number of carbonyl (C=O) groups is 2. The first-order valence-electron chi connectivity index (χ1n) is 8.59. The van der Waals surface area contributed by atoms with Gasteiger partial charge in [-0.05, 0) is 6.92 Å². The summed E-state index contributed by atoms with van der Waals surface area (Å²) >= 11 is 0. The summed E-state index contributed by atoms with van der Waals surface area (Å²) in [6, 6.07) is -1.25. The molecule has 1 atom stereocenters. The van der Waals surface area contributed by atoms with E-state index in [-0.39, 0.29) is 18.1 Å². The number of amides is 3. The Hall–Kier alpha value is -2.30.